The van der Waals surface area contributed by atoms with Gasteiger partial charge in [-0.05, 0) is 30.7 Å². The number of hydrogen-bond donors (Lipinski definition) is 1. The first-order valence-corrected chi connectivity index (χ1v) is 6.76. The second-order valence-corrected chi connectivity index (χ2v) is 5.18. The van der Waals surface area contributed by atoms with Crippen LogP contribution in [0, 0.1) is 6.92 Å². The number of amides is 1. The van der Waals surface area contributed by atoms with Crippen LogP contribution in [0.5, 0.6) is 5.75 Å². The number of nitrogens with zero attached hydrogens (tertiary/aromatic N) is 3. The predicted octanol–water partition coefficient (Wildman–Crippen LogP) is 1.01. The van der Waals surface area contributed by atoms with Crippen molar-refractivity contribution >= 4 is 5.91 Å². The van der Waals surface area contributed by atoms with Gasteiger partial charge in [0.25, 0.3) is 5.91 Å². The zero-order valence-corrected chi connectivity index (χ0v) is 12.0. The minimum Gasteiger partial charge on any atom is -0.494 e. The van der Waals surface area contributed by atoms with E-state index in [1.165, 1.54) is 0 Å². The summed E-state index contributed by atoms with van der Waals surface area (Å²) in [6.45, 7) is 2.73. The number of aromatic nitrogens is 2. The van der Waals surface area contributed by atoms with Crippen LogP contribution >= 0.6 is 0 Å². The van der Waals surface area contributed by atoms with Gasteiger partial charge in [-0.15, -0.1) is 0 Å². The molecule has 1 aromatic carbocycles. The molecule has 1 aliphatic heterocycles. The van der Waals surface area contributed by atoms with E-state index in [1.807, 2.05) is 25.1 Å². The summed E-state index contributed by atoms with van der Waals surface area (Å²) >= 11 is 0. The van der Waals surface area contributed by atoms with Gasteiger partial charge in [-0.2, -0.15) is 5.10 Å². The van der Waals surface area contributed by atoms with Crippen molar-refractivity contribution in [1.82, 2.24) is 14.7 Å². The van der Waals surface area contributed by atoms with Crippen LogP contribution in [0.4, 0.5) is 0 Å². The first-order valence-electron chi connectivity index (χ1n) is 6.76. The summed E-state index contributed by atoms with van der Waals surface area (Å²) in [5.41, 5.74) is 2.24. The molecule has 1 N–H and O–H groups in total. The summed E-state index contributed by atoms with van der Waals surface area (Å²) in [4.78, 5) is 13.7. The zero-order chi connectivity index (χ0) is 15.0. The van der Waals surface area contributed by atoms with Gasteiger partial charge < -0.3 is 14.7 Å². The Balaban J connectivity index is 1.88. The molecule has 21 heavy (non-hydrogen) atoms. The molecular weight excluding hydrogens is 270 g/mol. The predicted molar refractivity (Wildman–Crippen MR) is 76.8 cm³/mol. The van der Waals surface area contributed by atoms with E-state index < -0.39 is 6.10 Å². The molecule has 0 radical (unpaired) electrons. The van der Waals surface area contributed by atoms with Crippen LogP contribution in [0.3, 0.4) is 0 Å². The van der Waals surface area contributed by atoms with Crippen molar-refractivity contribution in [3.05, 3.63) is 41.7 Å². The van der Waals surface area contributed by atoms with Crippen LogP contribution in [-0.4, -0.2) is 52.0 Å². The van der Waals surface area contributed by atoms with Crippen LogP contribution in [0.1, 0.15) is 16.1 Å². The summed E-state index contributed by atoms with van der Waals surface area (Å²) in [6.07, 6.45) is 1.33. The van der Waals surface area contributed by atoms with E-state index >= 15 is 0 Å². The quantitative estimate of drug-likeness (QED) is 0.914. The lowest BCUT2D eigenvalue weighted by Crippen LogP contribution is -2.53. The molecule has 1 saturated heterocycles. The number of aryl methyl sites for hydroxylation is 1. The fourth-order valence-electron chi connectivity index (χ4n) is 2.33. The van der Waals surface area contributed by atoms with E-state index in [4.69, 9.17) is 4.74 Å². The van der Waals surface area contributed by atoms with E-state index in [1.54, 1.807) is 29.0 Å². The molecule has 0 spiro atoms. The fraction of sp³-hybridized carbons (Fsp3) is 0.333. The Kier molecular flexibility index (Phi) is 3.39. The Hall–Kier alpha value is -2.34. The van der Waals surface area contributed by atoms with E-state index in [9.17, 15) is 9.90 Å². The molecule has 0 bridgehead atoms. The number of ether oxygens (including phenoxy) is 1. The largest absolute Gasteiger partial charge is 0.494 e. The van der Waals surface area contributed by atoms with Gasteiger partial charge in [-0.25, -0.2) is 4.68 Å². The first kappa shape index (κ1) is 13.6. The number of rotatable bonds is 3. The third-order valence-electron chi connectivity index (χ3n) is 3.54. The molecule has 2 aromatic rings. The second kappa shape index (κ2) is 5.21. The van der Waals surface area contributed by atoms with Crippen LogP contribution in [0.2, 0.25) is 0 Å². The maximum Gasteiger partial charge on any atom is 0.274 e. The van der Waals surface area contributed by atoms with Crippen molar-refractivity contribution in [3.8, 4) is 11.4 Å². The maximum absolute atomic E-state index is 12.1. The Morgan fingerprint density at radius 1 is 1.38 bits per heavy atom. The van der Waals surface area contributed by atoms with Gasteiger partial charge in [0, 0.05) is 19.3 Å². The summed E-state index contributed by atoms with van der Waals surface area (Å²) in [6, 6.07) is 7.46. The standard InChI is InChI=1S/C15H17N3O3/c1-10-3-4-14(21-2)13(7-10)18-6-5-12(16-18)15(20)17-8-11(19)9-17/h3-7,11,19H,8-9H2,1-2H3. The molecular formula is C15H17N3O3. The van der Waals surface area contributed by atoms with Crippen molar-refractivity contribution in [2.24, 2.45) is 0 Å². The molecule has 1 aromatic heterocycles. The Morgan fingerprint density at radius 2 is 2.14 bits per heavy atom. The van der Waals surface area contributed by atoms with Gasteiger partial charge in [0.1, 0.15) is 11.4 Å². The van der Waals surface area contributed by atoms with Crippen LogP contribution in [-0.2, 0) is 0 Å². The third-order valence-corrected chi connectivity index (χ3v) is 3.54. The lowest BCUT2D eigenvalue weighted by molar-refractivity contribution is 0.00547. The van der Waals surface area contributed by atoms with Gasteiger partial charge in [-0.3, -0.25) is 4.79 Å². The Labute approximate surface area is 122 Å². The SMILES string of the molecule is COc1ccc(C)cc1-n1ccc(C(=O)N2CC(O)C2)n1. The zero-order valence-electron chi connectivity index (χ0n) is 12.0. The highest BCUT2D eigenvalue weighted by molar-refractivity contribution is 5.92. The molecule has 0 aliphatic carbocycles. The van der Waals surface area contributed by atoms with Crippen molar-refractivity contribution < 1.29 is 14.6 Å². The molecule has 1 amide bonds. The first-order chi connectivity index (χ1) is 10.1. The Morgan fingerprint density at radius 3 is 2.81 bits per heavy atom. The van der Waals surface area contributed by atoms with Crippen LogP contribution < -0.4 is 4.74 Å². The molecule has 2 heterocycles. The molecule has 6 heteroatoms. The Bertz CT molecular complexity index is 675. The highest BCUT2D eigenvalue weighted by Gasteiger charge is 2.30. The third kappa shape index (κ3) is 2.50. The second-order valence-electron chi connectivity index (χ2n) is 5.18. The molecule has 0 unspecified atom stereocenters. The number of methoxy groups -OCH3 is 1. The minimum atomic E-state index is -0.409. The molecule has 3 rings (SSSR count). The minimum absolute atomic E-state index is 0.161. The monoisotopic (exact) mass is 287 g/mol. The van der Waals surface area contributed by atoms with Crippen LogP contribution in [0.15, 0.2) is 30.5 Å². The lowest BCUT2D eigenvalue weighted by Gasteiger charge is -2.35. The number of benzene rings is 1. The normalized spacial score (nSPS) is 14.9. The van der Waals surface area contributed by atoms with Gasteiger partial charge in [-0.1, -0.05) is 6.07 Å². The molecule has 1 fully saturated rings. The highest BCUT2D eigenvalue weighted by Crippen LogP contribution is 2.24. The summed E-state index contributed by atoms with van der Waals surface area (Å²) in [7, 11) is 1.60. The van der Waals surface area contributed by atoms with Gasteiger partial charge >= 0.3 is 0 Å². The number of carbonyl (C=O) groups excluding carboxylic acids is 1. The van der Waals surface area contributed by atoms with Crippen molar-refractivity contribution in [1.29, 1.82) is 0 Å². The summed E-state index contributed by atoms with van der Waals surface area (Å²) in [5, 5.41) is 13.6. The van der Waals surface area contributed by atoms with E-state index in [-0.39, 0.29) is 5.91 Å². The summed E-state index contributed by atoms with van der Waals surface area (Å²) < 4.78 is 6.96. The van der Waals surface area contributed by atoms with Gasteiger partial charge in [0.2, 0.25) is 0 Å². The molecule has 0 saturated carbocycles. The molecule has 110 valence electrons. The average molecular weight is 287 g/mol. The van der Waals surface area contributed by atoms with E-state index in [0.717, 1.165) is 11.3 Å². The van der Waals surface area contributed by atoms with E-state index in [0.29, 0.717) is 24.5 Å². The van der Waals surface area contributed by atoms with Gasteiger partial charge in [0.05, 0.1) is 13.2 Å². The maximum atomic E-state index is 12.1. The van der Waals surface area contributed by atoms with Crippen molar-refractivity contribution in [2.45, 2.75) is 13.0 Å². The number of hydrogen-bond acceptors (Lipinski definition) is 4. The van der Waals surface area contributed by atoms with Crippen LogP contribution in [0.25, 0.3) is 5.69 Å². The number of aliphatic hydroxyl groups excluding tert-OH is 1. The number of carbonyl (C=O) groups is 1. The summed E-state index contributed by atoms with van der Waals surface area (Å²) in [5.74, 6) is 0.535. The van der Waals surface area contributed by atoms with Gasteiger partial charge in [0.15, 0.2) is 5.69 Å². The fourth-order valence-corrected chi connectivity index (χ4v) is 2.33. The smallest absolute Gasteiger partial charge is 0.274 e. The number of likely N-dealkylation sites (tertiary alicyclic amines) is 1. The topological polar surface area (TPSA) is 67.6 Å². The van der Waals surface area contributed by atoms with Crippen molar-refractivity contribution in [2.75, 3.05) is 20.2 Å². The lowest BCUT2D eigenvalue weighted by atomic mass is 10.1. The van der Waals surface area contributed by atoms with E-state index in [2.05, 4.69) is 5.10 Å². The highest BCUT2D eigenvalue weighted by atomic mass is 16.5. The average Bonchev–Trinajstić information content (AvgIpc) is 2.93. The number of β-amino-alcohol motifs (C(OH)–C–C–N with tert-alkyl or cyclic N) is 1. The molecule has 1 aliphatic rings. The molecule has 0 atom stereocenters. The molecule has 6 nitrogen and oxygen atoms in total. The number of aliphatic hydroxyl groups is 1. The van der Waals surface area contributed by atoms with Crippen molar-refractivity contribution in [3.63, 3.8) is 0 Å².